The molecule has 0 aliphatic carbocycles. The van der Waals surface area contributed by atoms with E-state index in [1.165, 1.54) is 0 Å². The topological polar surface area (TPSA) is 59.8 Å². The number of aromatic nitrogens is 3. The predicted molar refractivity (Wildman–Crippen MR) is 118 cm³/mol. The quantitative estimate of drug-likeness (QED) is 0.615. The molecule has 0 fully saturated rings. The Bertz CT molecular complexity index is 1020. The Kier molecular flexibility index (Phi) is 5.54. The van der Waals surface area contributed by atoms with E-state index >= 15 is 0 Å². The first-order chi connectivity index (χ1) is 13.4. The number of halogens is 1. The van der Waals surface area contributed by atoms with E-state index in [4.69, 9.17) is 11.6 Å². The summed E-state index contributed by atoms with van der Waals surface area (Å²) in [4.78, 5) is 12.9. The molecule has 0 bridgehead atoms. The van der Waals surface area contributed by atoms with Crippen molar-refractivity contribution in [1.82, 2.24) is 20.3 Å². The lowest BCUT2D eigenvalue weighted by Crippen LogP contribution is -2.40. The van der Waals surface area contributed by atoms with Gasteiger partial charge >= 0.3 is 0 Å². The Morgan fingerprint density at radius 3 is 2.14 bits per heavy atom. The maximum atomic E-state index is 12.9. The highest BCUT2D eigenvalue weighted by Crippen LogP contribution is 2.31. The molecule has 0 aliphatic rings. The maximum absolute atomic E-state index is 12.9. The number of amides is 1. The minimum atomic E-state index is -0.331. The number of hydrogen-bond acceptors (Lipinski definition) is 3. The number of rotatable bonds is 3. The summed E-state index contributed by atoms with van der Waals surface area (Å²) in [5.74, 6) is -0.121. The molecule has 1 N–H and O–H groups in total. The molecule has 0 atom stereocenters. The van der Waals surface area contributed by atoms with Crippen LogP contribution in [0.1, 0.15) is 51.9 Å². The summed E-state index contributed by atoms with van der Waals surface area (Å²) < 4.78 is 1.87. The predicted octanol–water partition coefficient (Wildman–Crippen LogP) is 5.55. The van der Waals surface area contributed by atoms with E-state index in [1.807, 2.05) is 61.9 Å². The average molecular weight is 411 g/mol. The molecular weight excluding hydrogens is 384 g/mol. The summed E-state index contributed by atoms with van der Waals surface area (Å²) in [6, 6.07) is 13.4. The highest BCUT2D eigenvalue weighted by molar-refractivity contribution is 6.30. The summed E-state index contributed by atoms with van der Waals surface area (Å²) >= 11 is 6.05. The zero-order valence-corrected chi connectivity index (χ0v) is 18.5. The van der Waals surface area contributed by atoms with Crippen LogP contribution in [-0.4, -0.2) is 26.4 Å². The number of carbonyl (C=O) groups excluding carboxylic acids is 1. The van der Waals surface area contributed by atoms with E-state index in [0.29, 0.717) is 10.6 Å². The first-order valence-corrected chi connectivity index (χ1v) is 9.97. The number of carbonyl (C=O) groups is 1. The van der Waals surface area contributed by atoms with Crippen molar-refractivity contribution in [2.45, 2.75) is 52.6 Å². The summed E-state index contributed by atoms with van der Waals surface area (Å²) in [5.41, 5.74) is 3.67. The summed E-state index contributed by atoms with van der Waals surface area (Å²) in [6.07, 6.45) is 1.73. The molecule has 3 aromatic rings. The second-order valence-corrected chi connectivity index (χ2v) is 9.65. The fourth-order valence-electron chi connectivity index (χ4n) is 3.06. The minimum Gasteiger partial charge on any atom is -0.347 e. The van der Waals surface area contributed by atoms with Crippen molar-refractivity contribution in [1.29, 1.82) is 0 Å². The van der Waals surface area contributed by atoms with Crippen molar-refractivity contribution in [3.05, 3.63) is 59.2 Å². The van der Waals surface area contributed by atoms with Gasteiger partial charge in [-0.15, -0.1) is 5.10 Å². The molecule has 1 heterocycles. The van der Waals surface area contributed by atoms with Gasteiger partial charge in [-0.05, 0) is 83.0 Å². The number of nitrogens with one attached hydrogen (secondary N) is 1. The van der Waals surface area contributed by atoms with Crippen molar-refractivity contribution >= 4 is 17.5 Å². The van der Waals surface area contributed by atoms with Crippen LogP contribution >= 0.6 is 11.6 Å². The molecule has 2 aromatic carbocycles. The van der Waals surface area contributed by atoms with Gasteiger partial charge in [-0.1, -0.05) is 28.9 Å². The summed E-state index contributed by atoms with van der Waals surface area (Å²) in [6.45, 7) is 12.1. The van der Waals surface area contributed by atoms with Gasteiger partial charge in [0.15, 0.2) is 0 Å². The van der Waals surface area contributed by atoms with Crippen molar-refractivity contribution < 1.29 is 4.79 Å². The molecule has 1 aromatic heterocycles. The molecule has 0 spiro atoms. The molecule has 0 radical (unpaired) electrons. The Balaban J connectivity index is 2.17. The zero-order valence-electron chi connectivity index (χ0n) is 17.7. The van der Waals surface area contributed by atoms with E-state index in [-0.39, 0.29) is 17.0 Å². The van der Waals surface area contributed by atoms with Crippen LogP contribution in [0, 0.1) is 0 Å². The van der Waals surface area contributed by atoms with E-state index in [0.717, 1.165) is 22.4 Å². The molecule has 0 aliphatic heterocycles. The van der Waals surface area contributed by atoms with Crippen LogP contribution in [0.15, 0.2) is 48.7 Å². The zero-order chi connectivity index (χ0) is 21.4. The van der Waals surface area contributed by atoms with Crippen molar-refractivity contribution in [2.24, 2.45) is 0 Å². The van der Waals surface area contributed by atoms with Crippen LogP contribution in [0.25, 0.3) is 22.4 Å². The van der Waals surface area contributed by atoms with Gasteiger partial charge in [0.1, 0.15) is 0 Å². The van der Waals surface area contributed by atoms with Crippen LogP contribution in [0.4, 0.5) is 0 Å². The van der Waals surface area contributed by atoms with E-state index in [9.17, 15) is 4.79 Å². The largest absolute Gasteiger partial charge is 0.347 e. The third-order valence-electron chi connectivity index (χ3n) is 4.34. The summed E-state index contributed by atoms with van der Waals surface area (Å²) in [5, 5.41) is 12.1. The molecule has 29 heavy (non-hydrogen) atoms. The maximum Gasteiger partial charge on any atom is 0.251 e. The lowest BCUT2D eigenvalue weighted by Gasteiger charge is -2.23. The normalized spacial score (nSPS) is 12.1. The van der Waals surface area contributed by atoms with E-state index in [2.05, 4.69) is 42.5 Å². The van der Waals surface area contributed by atoms with E-state index in [1.54, 1.807) is 6.20 Å². The van der Waals surface area contributed by atoms with Crippen molar-refractivity contribution in [2.75, 3.05) is 0 Å². The van der Waals surface area contributed by atoms with Crippen LogP contribution in [0.5, 0.6) is 0 Å². The van der Waals surface area contributed by atoms with Gasteiger partial charge in [0, 0.05) is 21.7 Å². The number of hydrogen-bond donors (Lipinski definition) is 1. The molecule has 1 amide bonds. The van der Waals surface area contributed by atoms with Crippen LogP contribution in [0.3, 0.4) is 0 Å². The molecule has 0 saturated heterocycles. The average Bonchev–Trinajstić information content (AvgIpc) is 3.11. The standard InChI is InChI=1S/C23H27ClN4O/c1-22(2,3)26-21(29)18-12-16(15-7-9-19(24)10-8-15)11-17(13-18)20-14-25-27-28(20)23(4,5)6/h7-14H,1-6H3,(H,26,29). The number of nitrogens with zero attached hydrogens (tertiary/aromatic N) is 3. The highest BCUT2D eigenvalue weighted by Gasteiger charge is 2.22. The second kappa shape index (κ2) is 7.64. The van der Waals surface area contributed by atoms with Gasteiger partial charge in [-0.3, -0.25) is 4.79 Å². The van der Waals surface area contributed by atoms with Crippen LogP contribution in [-0.2, 0) is 5.54 Å². The smallest absolute Gasteiger partial charge is 0.251 e. The summed E-state index contributed by atoms with van der Waals surface area (Å²) in [7, 11) is 0. The molecule has 0 saturated carbocycles. The van der Waals surface area contributed by atoms with Gasteiger partial charge in [-0.2, -0.15) is 0 Å². The van der Waals surface area contributed by atoms with Crippen LogP contribution < -0.4 is 5.32 Å². The first-order valence-electron chi connectivity index (χ1n) is 9.59. The molecule has 3 rings (SSSR count). The molecule has 0 unspecified atom stereocenters. The number of benzene rings is 2. The van der Waals surface area contributed by atoms with E-state index < -0.39 is 0 Å². The van der Waals surface area contributed by atoms with Gasteiger partial charge < -0.3 is 5.32 Å². The Morgan fingerprint density at radius 1 is 0.931 bits per heavy atom. The lowest BCUT2D eigenvalue weighted by atomic mass is 9.97. The molecule has 152 valence electrons. The third kappa shape index (κ3) is 5.04. The van der Waals surface area contributed by atoms with Gasteiger partial charge in [0.05, 0.1) is 17.4 Å². The highest BCUT2D eigenvalue weighted by atomic mass is 35.5. The fraction of sp³-hybridized carbons (Fsp3) is 0.348. The van der Waals surface area contributed by atoms with Crippen LogP contribution in [0.2, 0.25) is 5.02 Å². The second-order valence-electron chi connectivity index (χ2n) is 9.21. The lowest BCUT2D eigenvalue weighted by molar-refractivity contribution is 0.0919. The first kappa shape index (κ1) is 21.1. The molecule has 6 heteroatoms. The van der Waals surface area contributed by atoms with Gasteiger partial charge in [0.25, 0.3) is 5.91 Å². The molecular formula is C23H27ClN4O. The SMILES string of the molecule is CC(C)(C)NC(=O)c1cc(-c2ccc(Cl)cc2)cc(-c2cnnn2C(C)(C)C)c1. The minimum absolute atomic E-state index is 0.121. The fourth-order valence-corrected chi connectivity index (χ4v) is 3.18. The Morgan fingerprint density at radius 2 is 1.55 bits per heavy atom. The van der Waals surface area contributed by atoms with Gasteiger partial charge in [0.2, 0.25) is 0 Å². The van der Waals surface area contributed by atoms with Crippen molar-refractivity contribution in [3.63, 3.8) is 0 Å². The Hall–Kier alpha value is -2.66. The van der Waals surface area contributed by atoms with Gasteiger partial charge in [-0.25, -0.2) is 4.68 Å². The Labute approximate surface area is 177 Å². The molecule has 5 nitrogen and oxygen atoms in total. The third-order valence-corrected chi connectivity index (χ3v) is 4.59. The monoisotopic (exact) mass is 410 g/mol. The van der Waals surface area contributed by atoms with Crippen molar-refractivity contribution in [3.8, 4) is 22.4 Å².